The highest BCUT2D eigenvalue weighted by molar-refractivity contribution is 5.73. The molecule has 2 aromatic rings. The van der Waals surface area contributed by atoms with Gasteiger partial charge in [0.15, 0.2) is 0 Å². The lowest BCUT2D eigenvalue weighted by Gasteiger charge is -2.08. The Balaban J connectivity index is 1.87. The predicted molar refractivity (Wildman–Crippen MR) is 75.5 cm³/mol. The van der Waals surface area contributed by atoms with Crippen LogP contribution >= 0.6 is 0 Å². The van der Waals surface area contributed by atoms with E-state index in [1.165, 1.54) is 0 Å². The summed E-state index contributed by atoms with van der Waals surface area (Å²) in [7, 11) is 0. The quantitative estimate of drug-likeness (QED) is 0.689. The van der Waals surface area contributed by atoms with Gasteiger partial charge >= 0.3 is 6.03 Å². The summed E-state index contributed by atoms with van der Waals surface area (Å²) in [5.41, 5.74) is 1.95. The lowest BCUT2D eigenvalue weighted by Crippen LogP contribution is -2.35. The molecule has 0 bridgehead atoms. The van der Waals surface area contributed by atoms with Crippen molar-refractivity contribution in [1.29, 1.82) is 0 Å². The Bertz CT molecular complexity index is 540. The van der Waals surface area contributed by atoms with Gasteiger partial charge in [-0.3, -0.25) is 0 Å². The molecule has 0 aliphatic rings. The molecule has 1 aromatic heterocycles. The normalized spacial score (nSPS) is 10.2. The minimum Gasteiger partial charge on any atom is -0.396 e. The van der Waals surface area contributed by atoms with Crippen molar-refractivity contribution < 1.29 is 9.90 Å². The van der Waals surface area contributed by atoms with Gasteiger partial charge in [-0.15, -0.1) is 0 Å². The molecule has 1 aromatic carbocycles. The molecule has 0 aliphatic heterocycles. The molecular formula is C14H18N4O2. The fourth-order valence-corrected chi connectivity index (χ4v) is 1.76. The van der Waals surface area contributed by atoms with Crippen molar-refractivity contribution >= 4 is 6.03 Å². The van der Waals surface area contributed by atoms with Crippen molar-refractivity contribution in [3.8, 4) is 5.69 Å². The van der Waals surface area contributed by atoms with Gasteiger partial charge in [0.2, 0.25) is 0 Å². The first-order valence-corrected chi connectivity index (χ1v) is 6.51. The number of nitrogens with zero attached hydrogens (tertiary/aromatic N) is 2. The molecular weight excluding hydrogens is 256 g/mol. The van der Waals surface area contributed by atoms with E-state index in [1.807, 2.05) is 36.5 Å². The van der Waals surface area contributed by atoms with Crippen LogP contribution in [-0.2, 0) is 6.54 Å². The number of aliphatic hydroxyl groups is 1. The second-order valence-corrected chi connectivity index (χ2v) is 4.31. The van der Waals surface area contributed by atoms with Gasteiger partial charge < -0.3 is 15.7 Å². The summed E-state index contributed by atoms with van der Waals surface area (Å²) in [4.78, 5) is 11.5. The standard InChI is InChI=1S/C14H18N4O2/c19-9-3-6-15-14(20)16-11-12-4-1-5-13(10-12)18-8-2-7-17-18/h1-2,4-5,7-8,10,19H,3,6,9,11H2,(H2,15,16,20). The van der Waals surface area contributed by atoms with E-state index in [9.17, 15) is 4.79 Å². The Morgan fingerprint density at radius 2 is 2.20 bits per heavy atom. The maximum absolute atomic E-state index is 11.5. The van der Waals surface area contributed by atoms with Crippen molar-refractivity contribution in [3.05, 3.63) is 48.3 Å². The van der Waals surface area contributed by atoms with Gasteiger partial charge in [-0.2, -0.15) is 5.10 Å². The van der Waals surface area contributed by atoms with Crippen LogP contribution in [0.15, 0.2) is 42.7 Å². The molecule has 2 amide bonds. The highest BCUT2D eigenvalue weighted by Crippen LogP contribution is 2.09. The van der Waals surface area contributed by atoms with E-state index in [0.29, 0.717) is 19.5 Å². The van der Waals surface area contributed by atoms with Gasteiger partial charge in [0, 0.05) is 32.1 Å². The van der Waals surface area contributed by atoms with E-state index in [1.54, 1.807) is 10.9 Å². The maximum Gasteiger partial charge on any atom is 0.315 e. The Morgan fingerprint density at radius 1 is 1.30 bits per heavy atom. The fourth-order valence-electron chi connectivity index (χ4n) is 1.76. The fraction of sp³-hybridized carbons (Fsp3) is 0.286. The van der Waals surface area contributed by atoms with Crippen LogP contribution in [0.2, 0.25) is 0 Å². The molecule has 20 heavy (non-hydrogen) atoms. The highest BCUT2D eigenvalue weighted by Gasteiger charge is 2.01. The van der Waals surface area contributed by atoms with E-state index in [2.05, 4.69) is 15.7 Å². The third-order valence-corrected chi connectivity index (χ3v) is 2.75. The Kier molecular flexibility index (Phi) is 5.14. The average molecular weight is 274 g/mol. The van der Waals surface area contributed by atoms with E-state index >= 15 is 0 Å². The maximum atomic E-state index is 11.5. The molecule has 0 unspecified atom stereocenters. The number of aliphatic hydroxyl groups excluding tert-OH is 1. The zero-order valence-corrected chi connectivity index (χ0v) is 11.1. The predicted octanol–water partition coefficient (Wildman–Crippen LogP) is 1.05. The van der Waals surface area contributed by atoms with Crippen molar-refractivity contribution in [3.63, 3.8) is 0 Å². The zero-order chi connectivity index (χ0) is 14.2. The number of benzene rings is 1. The first kappa shape index (κ1) is 14.1. The van der Waals surface area contributed by atoms with Crippen LogP contribution in [0.4, 0.5) is 4.79 Å². The molecule has 6 heteroatoms. The van der Waals surface area contributed by atoms with Gasteiger partial charge in [-0.05, 0) is 30.2 Å². The summed E-state index contributed by atoms with van der Waals surface area (Å²) in [5.74, 6) is 0. The lowest BCUT2D eigenvalue weighted by molar-refractivity contribution is 0.237. The number of hydrogen-bond acceptors (Lipinski definition) is 3. The summed E-state index contributed by atoms with van der Waals surface area (Å²) in [6.45, 7) is 0.988. The molecule has 0 saturated heterocycles. The average Bonchev–Trinajstić information content (AvgIpc) is 3.00. The SMILES string of the molecule is O=C(NCCCO)NCc1cccc(-n2cccn2)c1. The van der Waals surface area contributed by atoms with Gasteiger partial charge in [0.05, 0.1) is 5.69 Å². The summed E-state index contributed by atoms with van der Waals surface area (Å²) in [6, 6.07) is 9.43. The summed E-state index contributed by atoms with van der Waals surface area (Å²) in [5, 5.41) is 18.2. The number of aromatic nitrogens is 2. The van der Waals surface area contributed by atoms with Gasteiger partial charge in [-0.1, -0.05) is 12.1 Å². The van der Waals surface area contributed by atoms with Crippen LogP contribution in [0.3, 0.4) is 0 Å². The molecule has 0 radical (unpaired) electrons. The second kappa shape index (κ2) is 7.30. The van der Waals surface area contributed by atoms with Crippen LogP contribution in [0.1, 0.15) is 12.0 Å². The Morgan fingerprint density at radius 3 is 2.95 bits per heavy atom. The molecule has 106 valence electrons. The lowest BCUT2D eigenvalue weighted by atomic mass is 10.2. The van der Waals surface area contributed by atoms with Crippen LogP contribution in [-0.4, -0.2) is 34.1 Å². The van der Waals surface area contributed by atoms with Crippen LogP contribution in [0.25, 0.3) is 5.69 Å². The first-order chi connectivity index (χ1) is 9.79. The minimum atomic E-state index is -0.233. The smallest absolute Gasteiger partial charge is 0.315 e. The van der Waals surface area contributed by atoms with Crippen molar-refractivity contribution in [1.82, 2.24) is 20.4 Å². The summed E-state index contributed by atoms with van der Waals surface area (Å²) < 4.78 is 1.77. The first-order valence-electron chi connectivity index (χ1n) is 6.51. The molecule has 6 nitrogen and oxygen atoms in total. The number of carbonyl (C=O) groups excluding carboxylic acids is 1. The number of nitrogens with one attached hydrogen (secondary N) is 2. The summed E-state index contributed by atoms with van der Waals surface area (Å²) >= 11 is 0. The van der Waals surface area contributed by atoms with E-state index in [-0.39, 0.29) is 12.6 Å². The molecule has 2 rings (SSSR count). The van der Waals surface area contributed by atoms with E-state index in [0.717, 1.165) is 11.3 Å². The molecule has 0 spiro atoms. The number of amides is 2. The summed E-state index contributed by atoms with van der Waals surface area (Å²) in [6.07, 6.45) is 4.15. The number of rotatable bonds is 6. The van der Waals surface area contributed by atoms with Gasteiger partial charge in [0.25, 0.3) is 0 Å². The van der Waals surface area contributed by atoms with Crippen LogP contribution < -0.4 is 10.6 Å². The Hall–Kier alpha value is -2.34. The molecule has 0 atom stereocenters. The number of carbonyl (C=O) groups is 1. The zero-order valence-electron chi connectivity index (χ0n) is 11.1. The second-order valence-electron chi connectivity index (χ2n) is 4.31. The van der Waals surface area contributed by atoms with Crippen molar-refractivity contribution in [2.45, 2.75) is 13.0 Å². The van der Waals surface area contributed by atoms with E-state index in [4.69, 9.17) is 5.11 Å². The molecule has 0 saturated carbocycles. The number of urea groups is 1. The molecule has 0 aliphatic carbocycles. The van der Waals surface area contributed by atoms with Gasteiger partial charge in [0.1, 0.15) is 0 Å². The van der Waals surface area contributed by atoms with Crippen molar-refractivity contribution in [2.75, 3.05) is 13.2 Å². The highest BCUT2D eigenvalue weighted by atomic mass is 16.3. The molecule has 3 N–H and O–H groups in total. The molecule has 0 fully saturated rings. The van der Waals surface area contributed by atoms with Crippen LogP contribution in [0.5, 0.6) is 0 Å². The number of hydrogen-bond donors (Lipinski definition) is 3. The monoisotopic (exact) mass is 274 g/mol. The third kappa shape index (κ3) is 4.10. The third-order valence-electron chi connectivity index (χ3n) is 2.75. The largest absolute Gasteiger partial charge is 0.396 e. The van der Waals surface area contributed by atoms with Gasteiger partial charge in [-0.25, -0.2) is 9.48 Å². The molecule has 1 heterocycles. The van der Waals surface area contributed by atoms with Crippen LogP contribution in [0, 0.1) is 0 Å². The van der Waals surface area contributed by atoms with Crippen molar-refractivity contribution in [2.24, 2.45) is 0 Å². The van der Waals surface area contributed by atoms with E-state index < -0.39 is 0 Å². The topological polar surface area (TPSA) is 79.2 Å². The Labute approximate surface area is 117 Å². The minimum absolute atomic E-state index is 0.0756.